The minimum absolute atomic E-state index is 0.0248. The normalized spacial score (nSPS) is 16.0. The molecule has 0 atom stereocenters. The zero-order chi connectivity index (χ0) is 15.7. The first-order valence-electron chi connectivity index (χ1n) is 7.09. The number of nitrogens with zero attached hydrogens (tertiary/aromatic N) is 3. The third-order valence-electron chi connectivity index (χ3n) is 3.81. The Balaban J connectivity index is 1.80. The first kappa shape index (κ1) is 15.3. The van der Waals surface area contributed by atoms with E-state index in [9.17, 15) is 4.79 Å². The summed E-state index contributed by atoms with van der Waals surface area (Å²) in [7, 11) is 0. The Morgan fingerprint density at radius 2 is 2.00 bits per heavy atom. The lowest BCUT2D eigenvalue weighted by atomic mass is 10.1. The largest absolute Gasteiger partial charge is 0.338 e. The van der Waals surface area contributed by atoms with Crippen molar-refractivity contribution in [3.05, 3.63) is 46.2 Å². The predicted molar refractivity (Wildman–Crippen MR) is 86.7 cm³/mol. The Bertz CT molecular complexity index is 693. The van der Waals surface area contributed by atoms with Gasteiger partial charge in [0, 0.05) is 30.4 Å². The van der Waals surface area contributed by atoms with Crippen molar-refractivity contribution in [3.63, 3.8) is 0 Å². The summed E-state index contributed by atoms with van der Waals surface area (Å²) in [5.74, 6) is -0.0248. The molecular formula is C15H16Cl2N4O. The molecule has 0 bridgehead atoms. The molecule has 0 saturated carbocycles. The number of benzene rings is 1. The molecule has 3 rings (SSSR count). The van der Waals surface area contributed by atoms with Crippen molar-refractivity contribution in [2.75, 3.05) is 13.1 Å². The number of rotatable bonds is 2. The quantitative estimate of drug-likeness (QED) is 0.915. The zero-order valence-electron chi connectivity index (χ0n) is 11.9. The Hall–Kier alpha value is -1.56. The van der Waals surface area contributed by atoms with Gasteiger partial charge in [0.1, 0.15) is 0 Å². The van der Waals surface area contributed by atoms with Gasteiger partial charge in [-0.25, -0.2) is 4.68 Å². The minimum Gasteiger partial charge on any atom is -0.338 e. The molecular weight excluding hydrogens is 323 g/mol. The maximum atomic E-state index is 12.5. The summed E-state index contributed by atoms with van der Waals surface area (Å²) in [5.41, 5.74) is 7.09. The molecule has 1 aromatic carbocycles. The molecule has 1 aliphatic rings. The monoisotopic (exact) mass is 338 g/mol. The van der Waals surface area contributed by atoms with Gasteiger partial charge >= 0.3 is 0 Å². The highest BCUT2D eigenvalue weighted by Gasteiger charge is 2.22. The first-order valence-corrected chi connectivity index (χ1v) is 7.85. The van der Waals surface area contributed by atoms with Gasteiger partial charge in [0.25, 0.3) is 5.91 Å². The van der Waals surface area contributed by atoms with Gasteiger partial charge in [-0.3, -0.25) is 4.79 Å². The smallest absolute Gasteiger partial charge is 0.257 e. The maximum absolute atomic E-state index is 12.5. The second-order valence-corrected chi connectivity index (χ2v) is 6.24. The zero-order valence-corrected chi connectivity index (χ0v) is 13.4. The number of aromatic nitrogens is 2. The topological polar surface area (TPSA) is 64.2 Å². The average molecular weight is 339 g/mol. The molecule has 0 unspecified atom stereocenters. The van der Waals surface area contributed by atoms with E-state index >= 15 is 0 Å². The van der Waals surface area contributed by atoms with E-state index in [0.29, 0.717) is 34.4 Å². The number of nitrogens with two attached hydrogens (primary N) is 1. The van der Waals surface area contributed by atoms with Crippen molar-refractivity contribution in [2.24, 2.45) is 5.73 Å². The SMILES string of the molecule is NC1CCN(C(=O)c2cnn(-c3ccc(Cl)cc3Cl)c2)CC1. The highest BCUT2D eigenvalue weighted by molar-refractivity contribution is 6.35. The van der Waals surface area contributed by atoms with E-state index in [2.05, 4.69) is 5.10 Å². The molecule has 1 aliphatic heterocycles. The van der Waals surface area contributed by atoms with E-state index in [1.54, 1.807) is 35.3 Å². The van der Waals surface area contributed by atoms with Crippen LogP contribution in [0.2, 0.25) is 10.0 Å². The number of hydrogen-bond donors (Lipinski definition) is 1. The second kappa shape index (κ2) is 6.28. The lowest BCUT2D eigenvalue weighted by molar-refractivity contribution is 0.0715. The summed E-state index contributed by atoms with van der Waals surface area (Å²) in [6.07, 6.45) is 4.92. The van der Waals surface area contributed by atoms with Crippen LogP contribution in [0.5, 0.6) is 0 Å². The van der Waals surface area contributed by atoms with Gasteiger partial charge in [-0.05, 0) is 31.0 Å². The van der Waals surface area contributed by atoms with Crippen LogP contribution in [-0.2, 0) is 0 Å². The predicted octanol–water partition coefficient (Wildman–Crippen LogP) is 2.74. The summed E-state index contributed by atoms with van der Waals surface area (Å²) in [6, 6.07) is 5.34. The molecule has 1 fully saturated rings. The van der Waals surface area contributed by atoms with Crippen LogP contribution >= 0.6 is 23.2 Å². The van der Waals surface area contributed by atoms with Crippen LogP contribution < -0.4 is 5.73 Å². The van der Waals surface area contributed by atoms with Crippen molar-refractivity contribution in [3.8, 4) is 5.69 Å². The molecule has 1 saturated heterocycles. The van der Waals surface area contributed by atoms with E-state index in [-0.39, 0.29) is 11.9 Å². The molecule has 5 nitrogen and oxygen atoms in total. The highest BCUT2D eigenvalue weighted by atomic mass is 35.5. The van der Waals surface area contributed by atoms with E-state index in [1.807, 2.05) is 4.90 Å². The minimum atomic E-state index is -0.0248. The fourth-order valence-corrected chi connectivity index (χ4v) is 3.01. The van der Waals surface area contributed by atoms with Gasteiger partial charge < -0.3 is 10.6 Å². The van der Waals surface area contributed by atoms with Gasteiger partial charge in [-0.2, -0.15) is 5.10 Å². The van der Waals surface area contributed by atoms with Crippen LogP contribution in [0.25, 0.3) is 5.69 Å². The van der Waals surface area contributed by atoms with Gasteiger partial charge in [-0.15, -0.1) is 0 Å². The summed E-state index contributed by atoms with van der Waals surface area (Å²) in [6.45, 7) is 1.37. The summed E-state index contributed by atoms with van der Waals surface area (Å²) in [5, 5.41) is 5.27. The number of amides is 1. The van der Waals surface area contributed by atoms with E-state index in [4.69, 9.17) is 28.9 Å². The maximum Gasteiger partial charge on any atom is 0.257 e. The van der Waals surface area contributed by atoms with Crippen molar-refractivity contribution in [1.82, 2.24) is 14.7 Å². The van der Waals surface area contributed by atoms with E-state index in [0.717, 1.165) is 12.8 Å². The summed E-state index contributed by atoms with van der Waals surface area (Å²) in [4.78, 5) is 14.3. The molecule has 22 heavy (non-hydrogen) atoms. The number of halogens is 2. The Morgan fingerprint density at radius 3 is 2.68 bits per heavy atom. The Labute approximate surface area is 138 Å². The number of carbonyl (C=O) groups excluding carboxylic acids is 1. The van der Waals surface area contributed by atoms with Crippen molar-refractivity contribution in [1.29, 1.82) is 0 Å². The van der Waals surface area contributed by atoms with Crippen LogP contribution in [0.3, 0.4) is 0 Å². The average Bonchev–Trinajstić information content (AvgIpc) is 2.97. The third kappa shape index (κ3) is 3.11. The number of carbonyl (C=O) groups is 1. The molecule has 116 valence electrons. The van der Waals surface area contributed by atoms with Crippen molar-refractivity contribution < 1.29 is 4.79 Å². The Kier molecular flexibility index (Phi) is 4.38. The second-order valence-electron chi connectivity index (χ2n) is 5.40. The lowest BCUT2D eigenvalue weighted by Crippen LogP contribution is -2.42. The van der Waals surface area contributed by atoms with Crippen LogP contribution in [-0.4, -0.2) is 39.7 Å². The molecule has 1 aromatic heterocycles. The van der Waals surface area contributed by atoms with Crippen LogP contribution in [0.4, 0.5) is 0 Å². The van der Waals surface area contributed by atoms with Gasteiger partial charge in [0.05, 0.1) is 22.5 Å². The molecule has 0 aliphatic carbocycles. The van der Waals surface area contributed by atoms with Crippen LogP contribution in [0.15, 0.2) is 30.6 Å². The van der Waals surface area contributed by atoms with E-state index in [1.165, 1.54) is 0 Å². The molecule has 2 heterocycles. The van der Waals surface area contributed by atoms with Gasteiger partial charge in [-0.1, -0.05) is 23.2 Å². The van der Waals surface area contributed by atoms with Crippen molar-refractivity contribution in [2.45, 2.75) is 18.9 Å². The highest BCUT2D eigenvalue weighted by Crippen LogP contribution is 2.24. The Morgan fingerprint density at radius 1 is 1.27 bits per heavy atom. The number of likely N-dealkylation sites (tertiary alicyclic amines) is 1. The summed E-state index contributed by atoms with van der Waals surface area (Å²) >= 11 is 12.1. The molecule has 2 aromatic rings. The van der Waals surface area contributed by atoms with Crippen molar-refractivity contribution >= 4 is 29.1 Å². The lowest BCUT2D eigenvalue weighted by Gasteiger charge is -2.29. The standard InChI is InChI=1S/C15H16Cl2N4O/c16-11-1-2-14(13(17)7-11)21-9-10(8-19-21)15(22)20-5-3-12(18)4-6-20/h1-2,7-9,12H,3-6,18H2. The van der Waals surface area contributed by atoms with Gasteiger partial charge in [0.15, 0.2) is 0 Å². The molecule has 1 amide bonds. The van der Waals surface area contributed by atoms with Crippen LogP contribution in [0.1, 0.15) is 23.2 Å². The third-order valence-corrected chi connectivity index (χ3v) is 4.35. The van der Waals surface area contributed by atoms with Gasteiger partial charge in [0.2, 0.25) is 0 Å². The molecule has 0 radical (unpaired) electrons. The molecule has 0 spiro atoms. The summed E-state index contributed by atoms with van der Waals surface area (Å²) < 4.78 is 1.58. The first-order chi connectivity index (χ1) is 10.5. The number of hydrogen-bond acceptors (Lipinski definition) is 3. The van der Waals surface area contributed by atoms with Crippen LogP contribution in [0, 0.1) is 0 Å². The number of piperidine rings is 1. The fraction of sp³-hybridized carbons (Fsp3) is 0.333. The molecule has 2 N–H and O–H groups in total. The van der Waals surface area contributed by atoms with E-state index < -0.39 is 0 Å². The fourth-order valence-electron chi connectivity index (χ4n) is 2.52. The molecule has 7 heteroatoms.